The molecule has 17 heavy (non-hydrogen) atoms. The molecule has 1 unspecified atom stereocenters. The Morgan fingerprint density at radius 2 is 1.88 bits per heavy atom. The van der Waals surface area contributed by atoms with Gasteiger partial charge in [0.2, 0.25) is 0 Å². The molecule has 1 aromatic rings. The van der Waals surface area contributed by atoms with E-state index in [1.54, 1.807) is 0 Å². The number of ketones is 1. The smallest absolute Gasteiger partial charge is 0.168 e. The molecule has 0 aliphatic carbocycles. The van der Waals surface area contributed by atoms with Gasteiger partial charge in [0.1, 0.15) is 5.60 Å². The summed E-state index contributed by atoms with van der Waals surface area (Å²) in [5, 5.41) is 0. The number of carbonyl (C=O) groups excluding carboxylic acids is 1. The number of rotatable bonds is 6. The zero-order valence-corrected chi connectivity index (χ0v) is 12.8. The first-order chi connectivity index (χ1) is 8.01. The highest BCUT2D eigenvalue weighted by Gasteiger charge is 2.31. The summed E-state index contributed by atoms with van der Waals surface area (Å²) >= 11 is 2.26. The van der Waals surface area contributed by atoms with E-state index >= 15 is 0 Å². The van der Waals surface area contributed by atoms with Crippen LogP contribution in [0.2, 0.25) is 0 Å². The Hall–Kier alpha value is -0.420. The van der Waals surface area contributed by atoms with Crippen LogP contribution in [0.1, 0.15) is 32.8 Å². The molecule has 0 amide bonds. The summed E-state index contributed by atoms with van der Waals surface area (Å²) in [4.78, 5) is 12.2. The molecule has 0 N–H and O–H groups in total. The molecule has 0 saturated heterocycles. The van der Waals surface area contributed by atoms with Crippen LogP contribution in [0.4, 0.5) is 0 Å². The minimum Gasteiger partial charge on any atom is -0.368 e. The van der Waals surface area contributed by atoms with Gasteiger partial charge in [-0.1, -0.05) is 19.1 Å². The van der Waals surface area contributed by atoms with Gasteiger partial charge in [-0.25, -0.2) is 0 Å². The van der Waals surface area contributed by atoms with Crippen LogP contribution in [-0.4, -0.2) is 18.0 Å². The lowest BCUT2D eigenvalue weighted by molar-refractivity contribution is -0.141. The van der Waals surface area contributed by atoms with Gasteiger partial charge in [0.15, 0.2) is 5.78 Å². The van der Waals surface area contributed by atoms with E-state index in [9.17, 15) is 4.79 Å². The monoisotopic (exact) mass is 346 g/mol. The fourth-order valence-corrected chi connectivity index (χ4v) is 2.03. The van der Waals surface area contributed by atoms with Crippen molar-refractivity contribution in [2.75, 3.05) is 6.61 Å². The molecule has 1 atom stereocenters. The lowest BCUT2D eigenvalue weighted by Crippen LogP contribution is -2.39. The van der Waals surface area contributed by atoms with Crippen molar-refractivity contribution in [1.82, 2.24) is 0 Å². The van der Waals surface area contributed by atoms with E-state index in [1.165, 1.54) is 3.57 Å². The minimum atomic E-state index is -0.641. The second kappa shape index (κ2) is 6.50. The number of hydrogen-bond donors (Lipinski definition) is 0. The maximum atomic E-state index is 12.2. The van der Waals surface area contributed by atoms with Crippen LogP contribution in [0.25, 0.3) is 0 Å². The Morgan fingerprint density at radius 3 is 2.35 bits per heavy atom. The second-order valence-corrected chi connectivity index (χ2v) is 5.49. The highest BCUT2D eigenvalue weighted by Crippen LogP contribution is 2.19. The third kappa shape index (κ3) is 4.07. The van der Waals surface area contributed by atoms with Crippen molar-refractivity contribution in [3.05, 3.63) is 33.4 Å². The van der Waals surface area contributed by atoms with E-state index in [0.29, 0.717) is 19.4 Å². The number of benzene rings is 1. The standard InChI is InChI=1S/C14H19IO2/c1-4-14(3,17-5-2)13(16)10-11-6-8-12(15)9-7-11/h6-9H,4-5,10H2,1-3H3. The Balaban J connectivity index is 2.73. The van der Waals surface area contributed by atoms with E-state index in [4.69, 9.17) is 4.74 Å². The SMILES string of the molecule is CCOC(C)(CC)C(=O)Cc1ccc(I)cc1. The molecule has 94 valence electrons. The van der Waals surface area contributed by atoms with Gasteiger partial charge in [-0.2, -0.15) is 0 Å². The molecule has 3 heteroatoms. The molecule has 0 heterocycles. The Kier molecular flexibility index (Phi) is 5.59. The van der Waals surface area contributed by atoms with Crippen molar-refractivity contribution in [3.8, 4) is 0 Å². The summed E-state index contributed by atoms with van der Waals surface area (Å²) in [7, 11) is 0. The van der Waals surface area contributed by atoms with E-state index in [0.717, 1.165) is 5.56 Å². The van der Waals surface area contributed by atoms with Crippen molar-refractivity contribution in [1.29, 1.82) is 0 Å². The summed E-state index contributed by atoms with van der Waals surface area (Å²) < 4.78 is 6.77. The number of carbonyl (C=O) groups is 1. The van der Waals surface area contributed by atoms with Crippen LogP contribution < -0.4 is 0 Å². The molecule has 0 saturated carbocycles. The molecule has 0 bridgehead atoms. The molecule has 0 fully saturated rings. The minimum absolute atomic E-state index is 0.156. The summed E-state index contributed by atoms with van der Waals surface area (Å²) in [5.74, 6) is 0.156. The maximum Gasteiger partial charge on any atom is 0.168 e. The van der Waals surface area contributed by atoms with Gasteiger partial charge in [0, 0.05) is 16.6 Å². The molecule has 0 aromatic heterocycles. The molecule has 0 aliphatic heterocycles. The predicted octanol–water partition coefficient (Wildman–Crippen LogP) is 3.61. The largest absolute Gasteiger partial charge is 0.368 e. The Bertz CT molecular complexity index is 372. The van der Waals surface area contributed by atoms with Crippen LogP contribution in [0.15, 0.2) is 24.3 Å². The van der Waals surface area contributed by atoms with Crippen molar-refractivity contribution in [3.63, 3.8) is 0 Å². The molecular formula is C14H19IO2. The molecular weight excluding hydrogens is 327 g/mol. The first-order valence-corrected chi connectivity index (χ1v) is 7.01. The fraction of sp³-hybridized carbons (Fsp3) is 0.500. The number of hydrogen-bond acceptors (Lipinski definition) is 2. The normalized spacial score (nSPS) is 14.4. The maximum absolute atomic E-state index is 12.2. The first kappa shape index (κ1) is 14.6. The van der Waals surface area contributed by atoms with Gasteiger partial charge in [-0.3, -0.25) is 4.79 Å². The molecule has 0 spiro atoms. The van der Waals surface area contributed by atoms with Gasteiger partial charge in [0.25, 0.3) is 0 Å². The summed E-state index contributed by atoms with van der Waals surface area (Å²) in [5.41, 5.74) is 0.410. The molecule has 0 radical (unpaired) electrons. The Morgan fingerprint density at radius 1 is 1.29 bits per heavy atom. The molecule has 1 rings (SSSR count). The second-order valence-electron chi connectivity index (χ2n) is 4.24. The molecule has 2 nitrogen and oxygen atoms in total. The fourth-order valence-electron chi connectivity index (χ4n) is 1.67. The quantitative estimate of drug-likeness (QED) is 0.736. The lowest BCUT2D eigenvalue weighted by Gasteiger charge is -2.26. The summed E-state index contributed by atoms with van der Waals surface area (Å²) in [6, 6.07) is 8.05. The van der Waals surface area contributed by atoms with Gasteiger partial charge in [0.05, 0.1) is 0 Å². The average Bonchev–Trinajstić information content (AvgIpc) is 2.32. The van der Waals surface area contributed by atoms with Crippen molar-refractivity contribution in [2.45, 2.75) is 39.2 Å². The third-order valence-corrected chi connectivity index (χ3v) is 3.72. The van der Waals surface area contributed by atoms with Gasteiger partial charge >= 0.3 is 0 Å². The van der Waals surface area contributed by atoms with Crippen LogP contribution in [0.3, 0.4) is 0 Å². The zero-order chi connectivity index (χ0) is 12.9. The van der Waals surface area contributed by atoms with E-state index in [1.807, 2.05) is 45.0 Å². The van der Waals surface area contributed by atoms with Gasteiger partial charge in [-0.05, 0) is 60.6 Å². The lowest BCUT2D eigenvalue weighted by atomic mass is 9.92. The number of ether oxygens (including phenoxy) is 1. The summed E-state index contributed by atoms with van der Waals surface area (Å²) in [6.45, 7) is 6.36. The first-order valence-electron chi connectivity index (χ1n) is 5.93. The van der Waals surface area contributed by atoms with E-state index in [-0.39, 0.29) is 5.78 Å². The van der Waals surface area contributed by atoms with Crippen molar-refractivity contribution >= 4 is 28.4 Å². The van der Waals surface area contributed by atoms with Crippen LogP contribution in [0, 0.1) is 3.57 Å². The highest BCUT2D eigenvalue weighted by molar-refractivity contribution is 14.1. The summed E-state index contributed by atoms with van der Waals surface area (Å²) in [6.07, 6.45) is 1.16. The number of Topliss-reactive ketones (excluding diaryl/α,β-unsaturated/α-hetero) is 1. The van der Waals surface area contributed by atoms with Crippen LogP contribution in [0.5, 0.6) is 0 Å². The topological polar surface area (TPSA) is 26.3 Å². The van der Waals surface area contributed by atoms with E-state index < -0.39 is 5.60 Å². The van der Waals surface area contributed by atoms with Crippen LogP contribution in [-0.2, 0) is 16.0 Å². The van der Waals surface area contributed by atoms with Gasteiger partial charge < -0.3 is 4.74 Å². The molecule has 0 aliphatic rings. The average molecular weight is 346 g/mol. The number of halogens is 1. The molecule has 1 aromatic carbocycles. The van der Waals surface area contributed by atoms with Gasteiger partial charge in [-0.15, -0.1) is 0 Å². The zero-order valence-electron chi connectivity index (χ0n) is 10.6. The third-order valence-electron chi connectivity index (χ3n) is 3.01. The predicted molar refractivity (Wildman–Crippen MR) is 78.2 cm³/mol. The Labute approximate surface area is 117 Å². The van der Waals surface area contributed by atoms with Crippen molar-refractivity contribution in [2.24, 2.45) is 0 Å². The van der Waals surface area contributed by atoms with E-state index in [2.05, 4.69) is 22.6 Å². The van der Waals surface area contributed by atoms with Crippen molar-refractivity contribution < 1.29 is 9.53 Å². The highest BCUT2D eigenvalue weighted by atomic mass is 127. The van der Waals surface area contributed by atoms with Crippen LogP contribution >= 0.6 is 22.6 Å².